The quantitative estimate of drug-likeness (QED) is 0.538. The smallest absolute Gasteiger partial charge is 0.418 e. The molecule has 0 heterocycles. The molecule has 6 nitrogen and oxygen atoms in total. The SMILES string of the molecule is CC(C)CNS(=O)(=O)c1ccc(OCC(=O)Nc2ccc(Cl)cc2C(F)(F)F)c(Cl)c1. The van der Waals surface area contributed by atoms with Crippen LogP contribution < -0.4 is 14.8 Å². The van der Waals surface area contributed by atoms with Crippen LogP contribution in [0.5, 0.6) is 5.75 Å². The second-order valence-corrected chi connectivity index (χ2v) is 9.47. The monoisotopic (exact) mass is 498 g/mol. The number of amides is 1. The van der Waals surface area contributed by atoms with Crippen LogP contribution >= 0.6 is 23.2 Å². The summed E-state index contributed by atoms with van der Waals surface area (Å²) in [4.78, 5) is 12.0. The number of benzene rings is 2. The first kappa shape index (κ1) is 25.3. The van der Waals surface area contributed by atoms with Crippen molar-refractivity contribution in [1.29, 1.82) is 0 Å². The van der Waals surface area contributed by atoms with Gasteiger partial charge in [0.2, 0.25) is 10.0 Å². The molecule has 0 aliphatic rings. The highest BCUT2D eigenvalue weighted by Crippen LogP contribution is 2.36. The lowest BCUT2D eigenvalue weighted by Gasteiger charge is -2.15. The summed E-state index contributed by atoms with van der Waals surface area (Å²) >= 11 is 11.6. The zero-order chi connectivity index (χ0) is 23.4. The summed E-state index contributed by atoms with van der Waals surface area (Å²) in [6.45, 7) is 3.28. The largest absolute Gasteiger partial charge is 0.482 e. The van der Waals surface area contributed by atoms with E-state index in [1.807, 2.05) is 13.8 Å². The van der Waals surface area contributed by atoms with E-state index < -0.39 is 40.0 Å². The van der Waals surface area contributed by atoms with E-state index in [0.717, 1.165) is 12.1 Å². The highest BCUT2D eigenvalue weighted by molar-refractivity contribution is 7.89. The molecule has 0 spiro atoms. The Bertz CT molecular complexity index is 1060. The third-order valence-corrected chi connectivity index (χ3v) is 5.77. The molecular formula is C19H19Cl2F3N2O4S. The summed E-state index contributed by atoms with van der Waals surface area (Å²) in [5, 5.41) is 1.89. The Morgan fingerprint density at radius 3 is 2.39 bits per heavy atom. The van der Waals surface area contributed by atoms with Gasteiger partial charge in [-0.05, 0) is 42.3 Å². The van der Waals surface area contributed by atoms with E-state index in [4.69, 9.17) is 27.9 Å². The first-order chi connectivity index (χ1) is 14.3. The fourth-order valence-corrected chi connectivity index (χ4v) is 4.03. The number of nitrogens with one attached hydrogen (secondary N) is 2. The second kappa shape index (κ2) is 10.1. The van der Waals surface area contributed by atoms with Crippen LogP contribution in [0, 0.1) is 5.92 Å². The maximum Gasteiger partial charge on any atom is 0.418 e. The Morgan fingerprint density at radius 1 is 1.13 bits per heavy atom. The normalized spacial score (nSPS) is 12.1. The number of alkyl halides is 3. The van der Waals surface area contributed by atoms with Crippen molar-refractivity contribution in [2.24, 2.45) is 5.92 Å². The number of sulfonamides is 1. The summed E-state index contributed by atoms with van der Waals surface area (Å²) in [5.74, 6) is -0.782. The molecular weight excluding hydrogens is 480 g/mol. The molecule has 0 radical (unpaired) electrons. The molecule has 0 bridgehead atoms. The molecule has 12 heteroatoms. The topological polar surface area (TPSA) is 84.5 Å². The number of hydrogen-bond donors (Lipinski definition) is 2. The molecule has 31 heavy (non-hydrogen) atoms. The maximum atomic E-state index is 13.1. The van der Waals surface area contributed by atoms with Gasteiger partial charge in [-0.1, -0.05) is 37.0 Å². The number of carbonyl (C=O) groups excluding carboxylic acids is 1. The van der Waals surface area contributed by atoms with Crippen LogP contribution in [-0.2, 0) is 21.0 Å². The Kier molecular flexibility index (Phi) is 8.21. The van der Waals surface area contributed by atoms with Crippen LogP contribution in [0.4, 0.5) is 18.9 Å². The van der Waals surface area contributed by atoms with Crippen LogP contribution in [0.2, 0.25) is 10.0 Å². The van der Waals surface area contributed by atoms with Crippen LogP contribution in [0.25, 0.3) is 0 Å². The van der Waals surface area contributed by atoms with Crippen molar-refractivity contribution >= 4 is 44.8 Å². The number of carbonyl (C=O) groups is 1. The van der Waals surface area contributed by atoms with E-state index in [1.165, 1.54) is 18.2 Å². The summed E-state index contributed by atoms with van der Waals surface area (Å²) in [7, 11) is -3.78. The summed E-state index contributed by atoms with van der Waals surface area (Å²) < 4.78 is 71.4. The molecule has 2 rings (SSSR count). The zero-order valence-electron chi connectivity index (χ0n) is 16.4. The molecule has 0 aliphatic carbocycles. The van der Waals surface area contributed by atoms with Gasteiger partial charge in [-0.15, -0.1) is 0 Å². The van der Waals surface area contributed by atoms with E-state index in [0.29, 0.717) is 6.07 Å². The molecule has 0 aliphatic heterocycles. The van der Waals surface area contributed by atoms with Crippen molar-refractivity contribution in [3.8, 4) is 5.75 Å². The first-order valence-electron chi connectivity index (χ1n) is 8.88. The lowest BCUT2D eigenvalue weighted by molar-refractivity contribution is -0.137. The summed E-state index contributed by atoms with van der Waals surface area (Å²) in [5.41, 5.74) is -1.58. The Hall–Kier alpha value is -2.01. The molecule has 1 amide bonds. The number of ether oxygens (including phenoxy) is 1. The van der Waals surface area contributed by atoms with E-state index in [9.17, 15) is 26.4 Å². The van der Waals surface area contributed by atoms with Gasteiger partial charge < -0.3 is 10.1 Å². The van der Waals surface area contributed by atoms with Gasteiger partial charge in [-0.25, -0.2) is 13.1 Å². The number of rotatable bonds is 8. The first-order valence-corrected chi connectivity index (χ1v) is 11.1. The number of halogens is 5. The van der Waals surface area contributed by atoms with Crippen molar-refractivity contribution in [2.45, 2.75) is 24.9 Å². The minimum absolute atomic E-state index is 0.00761. The average Bonchev–Trinajstić information content (AvgIpc) is 2.66. The maximum absolute atomic E-state index is 13.1. The third-order valence-electron chi connectivity index (χ3n) is 3.82. The molecule has 2 aromatic carbocycles. The number of hydrogen-bond acceptors (Lipinski definition) is 4. The van der Waals surface area contributed by atoms with Gasteiger partial charge in [0.05, 0.1) is 21.2 Å². The minimum atomic E-state index is -4.72. The van der Waals surface area contributed by atoms with Crippen molar-refractivity contribution in [2.75, 3.05) is 18.5 Å². The van der Waals surface area contributed by atoms with Crippen molar-refractivity contribution in [3.63, 3.8) is 0 Å². The second-order valence-electron chi connectivity index (χ2n) is 6.86. The molecule has 0 saturated heterocycles. The molecule has 170 valence electrons. The average molecular weight is 499 g/mol. The van der Waals surface area contributed by atoms with Crippen LogP contribution in [0.1, 0.15) is 19.4 Å². The molecule has 0 fully saturated rings. The predicted octanol–water partition coefficient (Wildman–Crippen LogP) is 4.96. The molecule has 2 N–H and O–H groups in total. The van der Waals surface area contributed by atoms with Gasteiger partial charge in [-0.3, -0.25) is 4.79 Å². The predicted molar refractivity (Wildman–Crippen MR) is 112 cm³/mol. The standard InChI is InChI=1S/C19H19Cl2F3N2O4S/c1-11(2)9-25-31(28,29)13-4-6-17(15(21)8-13)30-10-18(27)26-16-5-3-12(20)7-14(16)19(22,23)24/h3-8,11,25H,9-10H2,1-2H3,(H,26,27). The van der Waals surface area contributed by atoms with Gasteiger partial charge in [0.1, 0.15) is 5.75 Å². The Morgan fingerprint density at radius 2 is 1.81 bits per heavy atom. The van der Waals surface area contributed by atoms with Crippen molar-refractivity contribution in [3.05, 3.63) is 52.0 Å². The Balaban J connectivity index is 2.07. The van der Waals surface area contributed by atoms with Crippen LogP contribution in [0.15, 0.2) is 41.3 Å². The van der Waals surface area contributed by atoms with E-state index >= 15 is 0 Å². The number of anilines is 1. The highest BCUT2D eigenvalue weighted by Gasteiger charge is 2.34. The molecule has 2 aromatic rings. The minimum Gasteiger partial charge on any atom is -0.482 e. The van der Waals surface area contributed by atoms with E-state index in [1.54, 1.807) is 0 Å². The fourth-order valence-electron chi connectivity index (χ4n) is 2.32. The van der Waals surface area contributed by atoms with Crippen molar-refractivity contribution < 1.29 is 31.1 Å². The van der Waals surface area contributed by atoms with Gasteiger partial charge in [0.25, 0.3) is 5.91 Å². The fraction of sp³-hybridized carbons (Fsp3) is 0.316. The zero-order valence-corrected chi connectivity index (χ0v) is 18.7. The third kappa shape index (κ3) is 7.27. The molecule has 0 aromatic heterocycles. The van der Waals surface area contributed by atoms with Crippen LogP contribution in [-0.4, -0.2) is 27.5 Å². The van der Waals surface area contributed by atoms with Gasteiger partial charge in [0.15, 0.2) is 6.61 Å². The lowest BCUT2D eigenvalue weighted by Crippen LogP contribution is -2.27. The van der Waals surface area contributed by atoms with E-state index in [-0.39, 0.29) is 33.2 Å². The van der Waals surface area contributed by atoms with E-state index in [2.05, 4.69) is 10.0 Å². The summed E-state index contributed by atoms with van der Waals surface area (Å²) in [6, 6.07) is 6.57. The summed E-state index contributed by atoms with van der Waals surface area (Å²) in [6.07, 6.45) is -4.72. The molecule has 0 atom stereocenters. The van der Waals surface area contributed by atoms with Crippen molar-refractivity contribution in [1.82, 2.24) is 4.72 Å². The lowest BCUT2D eigenvalue weighted by atomic mass is 10.1. The van der Waals surface area contributed by atoms with Gasteiger partial charge >= 0.3 is 6.18 Å². The Labute approximate surface area is 187 Å². The van der Waals surface area contributed by atoms with Gasteiger partial charge in [-0.2, -0.15) is 13.2 Å². The van der Waals surface area contributed by atoms with Crippen LogP contribution in [0.3, 0.4) is 0 Å². The molecule has 0 saturated carbocycles. The van der Waals surface area contributed by atoms with Gasteiger partial charge in [0, 0.05) is 11.6 Å². The highest BCUT2D eigenvalue weighted by atomic mass is 35.5. The molecule has 0 unspecified atom stereocenters.